The molecule has 1 atom stereocenters. The molecule has 1 heterocycles. The van der Waals surface area contributed by atoms with E-state index in [0.717, 1.165) is 22.7 Å². The molecule has 3 rings (SSSR count). The van der Waals surface area contributed by atoms with Gasteiger partial charge in [0.25, 0.3) is 0 Å². The lowest BCUT2D eigenvalue weighted by atomic mass is 10.2. The number of hydrogen-bond donors (Lipinski definition) is 1. The number of benzene rings is 2. The van der Waals surface area contributed by atoms with Gasteiger partial charge in [-0.2, -0.15) is 0 Å². The first-order valence-electron chi connectivity index (χ1n) is 9.37. The van der Waals surface area contributed by atoms with E-state index >= 15 is 0 Å². The predicted molar refractivity (Wildman–Crippen MR) is 118 cm³/mol. The molecule has 0 bridgehead atoms. The number of amides is 1. The number of nitrogens with one attached hydrogen (secondary N) is 1. The molecule has 7 nitrogen and oxygen atoms in total. The highest BCUT2D eigenvalue weighted by Gasteiger charge is 2.21. The van der Waals surface area contributed by atoms with Crippen LogP contribution in [0.2, 0.25) is 0 Å². The highest BCUT2D eigenvalue weighted by Crippen LogP contribution is 2.31. The Morgan fingerprint density at radius 2 is 1.70 bits per heavy atom. The van der Waals surface area contributed by atoms with Crippen molar-refractivity contribution in [1.82, 2.24) is 20.1 Å². The van der Waals surface area contributed by atoms with Crippen molar-refractivity contribution >= 4 is 17.7 Å². The van der Waals surface area contributed by atoms with Crippen LogP contribution in [0.15, 0.2) is 66.3 Å². The molecule has 0 radical (unpaired) electrons. The first-order valence-corrected chi connectivity index (χ1v) is 10.2. The highest BCUT2D eigenvalue weighted by molar-refractivity contribution is 8.00. The van der Waals surface area contributed by atoms with Gasteiger partial charge in [-0.15, -0.1) is 16.8 Å². The molecule has 2 aromatic carbocycles. The standard InChI is InChI=1S/C22H24N4O3S/c1-5-14-23-21(27)15(2)30-22-25-24-20(16-6-10-18(28-3)11-7-16)26(22)17-8-12-19(29-4)13-9-17/h5-13,15H,1,14H2,2-4H3,(H,23,27)/t15-/m0/s1. The monoisotopic (exact) mass is 424 g/mol. The molecular formula is C22H24N4O3S. The van der Waals surface area contributed by atoms with E-state index in [1.165, 1.54) is 11.8 Å². The Kier molecular flexibility index (Phi) is 7.13. The summed E-state index contributed by atoms with van der Waals surface area (Å²) >= 11 is 1.34. The third kappa shape index (κ3) is 4.83. The fourth-order valence-electron chi connectivity index (χ4n) is 2.77. The molecule has 0 aliphatic rings. The normalized spacial score (nSPS) is 11.6. The van der Waals surface area contributed by atoms with E-state index in [1.807, 2.05) is 60.0 Å². The third-order valence-corrected chi connectivity index (χ3v) is 5.43. The van der Waals surface area contributed by atoms with Gasteiger partial charge in [-0.1, -0.05) is 17.8 Å². The summed E-state index contributed by atoms with van der Waals surface area (Å²) in [5.41, 5.74) is 1.75. The summed E-state index contributed by atoms with van der Waals surface area (Å²) in [6, 6.07) is 15.2. The van der Waals surface area contributed by atoms with E-state index < -0.39 is 0 Å². The smallest absolute Gasteiger partial charge is 0.233 e. The van der Waals surface area contributed by atoms with Gasteiger partial charge in [0.05, 0.1) is 19.5 Å². The van der Waals surface area contributed by atoms with Gasteiger partial charge in [0.2, 0.25) is 5.91 Å². The van der Waals surface area contributed by atoms with Crippen molar-refractivity contribution in [1.29, 1.82) is 0 Å². The first kappa shape index (κ1) is 21.4. The quantitative estimate of drug-likeness (QED) is 0.417. The van der Waals surface area contributed by atoms with Gasteiger partial charge in [-0.3, -0.25) is 9.36 Å². The predicted octanol–water partition coefficient (Wildman–Crippen LogP) is 3.73. The largest absolute Gasteiger partial charge is 0.497 e. The van der Waals surface area contributed by atoms with E-state index in [1.54, 1.807) is 20.3 Å². The molecule has 0 aliphatic carbocycles. The van der Waals surface area contributed by atoms with Crippen LogP contribution in [0.25, 0.3) is 17.1 Å². The molecule has 0 saturated heterocycles. The Morgan fingerprint density at radius 1 is 1.10 bits per heavy atom. The molecule has 1 N–H and O–H groups in total. The number of rotatable bonds is 9. The summed E-state index contributed by atoms with van der Waals surface area (Å²) in [6.07, 6.45) is 1.65. The third-order valence-electron chi connectivity index (χ3n) is 4.38. The topological polar surface area (TPSA) is 78.3 Å². The van der Waals surface area contributed by atoms with Crippen molar-refractivity contribution in [2.75, 3.05) is 20.8 Å². The van der Waals surface area contributed by atoms with Gasteiger partial charge < -0.3 is 14.8 Å². The molecular weight excluding hydrogens is 400 g/mol. The molecule has 0 unspecified atom stereocenters. The molecule has 30 heavy (non-hydrogen) atoms. The van der Waals surface area contributed by atoms with E-state index in [2.05, 4.69) is 22.1 Å². The summed E-state index contributed by atoms with van der Waals surface area (Å²) in [7, 11) is 3.25. The number of methoxy groups -OCH3 is 2. The van der Waals surface area contributed by atoms with E-state index in [0.29, 0.717) is 17.5 Å². The maximum Gasteiger partial charge on any atom is 0.233 e. The lowest BCUT2D eigenvalue weighted by molar-refractivity contribution is -0.120. The molecule has 8 heteroatoms. The minimum atomic E-state index is -0.352. The Hall–Kier alpha value is -3.26. The zero-order valence-corrected chi connectivity index (χ0v) is 18.0. The average Bonchev–Trinajstić information content (AvgIpc) is 3.20. The van der Waals surface area contributed by atoms with Crippen LogP contribution in [0.4, 0.5) is 0 Å². The van der Waals surface area contributed by atoms with Gasteiger partial charge in [0, 0.05) is 17.8 Å². The minimum Gasteiger partial charge on any atom is -0.497 e. The lowest BCUT2D eigenvalue weighted by Gasteiger charge is -2.14. The Morgan fingerprint density at radius 3 is 2.27 bits per heavy atom. The second kappa shape index (κ2) is 9.98. The second-order valence-electron chi connectivity index (χ2n) is 6.36. The van der Waals surface area contributed by atoms with Crippen molar-refractivity contribution < 1.29 is 14.3 Å². The molecule has 0 spiro atoms. The molecule has 0 aliphatic heterocycles. The first-order chi connectivity index (χ1) is 14.6. The molecule has 0 saturated carbocycles. The zero-order chi connectivity index (χ0) is 21.5. The van der Waals surface area contributed by atoms with Crippen LogP contribution in [0, 0.1) is 0 Å². The van der Waals surface area contributed by atoms with Crippen molar-refractivity contribution in [3.63, 3.8) is 0 Å². The maximum absolute atomic E-state index is 12.3. The van der Waals surface area contributed by atoms with Crippen molar-refractivity contribution in [3.8, 4) is 28.6 Å². The summed E-state index contributed by atoms with van der Waals surface area (Å²) in [4.78, 5) is 12.3. The van der Waals surface area contributed by atoms with Crippen LogP contribution in [0.1, 0.15) is 6.92 Å². The fourth-order valence-corrected chi connectivity index (χ4v) is 3.66. The summed E-state index contributed by atoms with van der Waals surface area (Å²) in [6.45, 7) is 5.89. The van der Waals surface area contributed by atoms with Crippen LogP contribution < -0.4 is 14.8 Å². The summed E-state index contributed by atoms with van der Waals surface area (Å²) in [5.74, 6) is 2.10. The van der Waals surface area contributed by atoms with Crippen LogP contribution in [-0.2, 0) is 4.79 Å². The number of thioether (sulfide) groups is 1. The van der Waals surface area contributed by atoms with Crippen molar-refractivity contribution in [3.05, 3.63) is 61.2 Å². The van der Waals surface area contributed by atoms with Crippen molar-refractivity contribution in [2.24, 2.45) is 0 Å². The van der Waals surface area contributed by atoms with Gasteiger partial charge in [-0.25, -0.2) is 0 Å². The lowest BCUT2D eigenvalue weighted by Crippen LogP contribution is -2.31. The SMILES string of the molecule is C=CCNC(=O)[C@H](C)Sc1nnc(-c2ccc(OC)cc2)n1-c1ccc(OC)cc1. The Balaban J connectivity index is 2.00. The number of ether oxygens (including phenoxy) is 2. The molecule has 0 fully saturated rings. The number of hydrogen-bond acceptors (Lipinski definition) is 6. The second-order valence-corrected chi connectivity index (χ2v) is 7.67. The van der Waals surface area contributed by atoms with Crippen LogP contribution in [-0.4, -0.2) is 46.7 Å². The average molecular weight is 425 g/mol. The molecule has 3 aromatic rings. The van der Waals surface area contributed by atoms with Gasteiger partial charge >= 0.3 is 0 Å². The van der Waals surface area contributed by atoms with E-state index in [9.17, 15) is 4.79 Å². The van der Waals surface area contributed by atoms with E-state index in [-0.39, 0.29) is 11.2 Å². The highest BCUT2D eigenvalue weighted by atomic mass is 32.2. The molecule has 156 valence electrons. The number of nitrogens with zero attached hydrogens (tertiary/aromatic N) is 3. The Bertz CT molecular complexity index is 1000. The number of carbonyl (C=O) groups excluding carboxylic acids is 1. The molecule has 1 amide bonds. The van der Waals surface area contributed by atoms with Crippen LogP contribution >= 0.6 is 11.8 Å². The fraction of sp³-hybridized carbons (Fsp3) is 0.227. The Labute approximate surface area is 180 Å². The maximum atomic E-state index is 12.3. The zero-order valence-electron chi connectivity index (χ0n) is 17.2. The number of aromatic nitrogens is 3. The molecule has 1 aromatic heterocycles. The number of carbonyl (C=O) groups is 1. The van der Waals surface area contributed by atoms with E-state index in [4.69, 9.17) is 9.47 Å². The summed E-state index contributed by atoms with van der Waals surface area (Å²) in [5, 5.41) is 11.9. The minimum absolute atomic E-state index is 0.0878. The van der Waals surface area contributed by atoms with Gasteiger partial charge in [0.15, 0.2) is 11.0 Å². The van der Waals surface area contributed by atoms with Gasteiger partial charge in [-0.05, 0) is 55.5 Å². The van der Waals surface area contributed by atoms with Crippen LogP contribution in [0.5, 0.6) is 11.5 Å². The van der Waals surface area contributed by atoms with Crippen molar-refractivity contribution in [2.45, 2.75) is 17.3 Å². The van der Waals surface area contributed by atoms with Crippen LogP contribution in [0.3, 0.4) is 0 Å². The summed E-state index contributed by atoms with van der Waals surface area (Å²) < 4.78 is 12.5. The van der Waals surface area contributed by atoms with Gasteiger partial charge in [0.1, 0.15) is 11.5 Å².